The van der Waals surface area contributed by atoms with E-state index in [0.717, 1.165) is 0 Å². The van der Waals surface area contributed by atoms with Crippen molar-refractivity contribution in [2.24, 2.45) is 0 Å². The second kappa shape index (κ2) is 6.10. The van der Waals surface area contributed by atoms with E-state index in [1.54, 1.807) is 0 Å². The minimum atomic E-state index is -1.35. The summed E-state index contributed by atoms with van der Waals surface area (Å²) in [5, 5.41) is 36.5. The summed E-state index contributed by atoms with van der Waals surface area (Å²) >= 11 is 5.76. The molecule has 0 amide bonds. The molecule has 2 aromatic heterocycles. The summed E-state index contributed by atoms with van der Waals surface area (Å²) in [6.45, 7) is -0.410. The number of anilines is 1. The Morgan fingerprint density at radius 3 is 2.78 bits per heavy atom. The van der Waals surface area contributed by atoms with Crippen molar-refractivity contribution in [3.05, 3.63) is 11.6 Å². The fourth-order valence-electron chi connectivity index (χ4n) is 2.33. The summed E-state index contributed by atoms with van der Waals surface area (Å²) in [6, 6.07) is 0. The van der Waals surface area contributed by atoms with Gasteiger partial charge in [-0.3, -0.25) is 15.0 Å². The van der Waals surface area contributed by atoms with Gasteiger partial charge in [0.1, 0.15) is 30.4 Å². The largest absolute Gasteiger partial charge is 0.387 e. The van der Waals surface area contributed by atoms with Crippen molar-refractivity contribution in [3.63, 3.8) is 0 Å². The van der Waals surface area contributed by atoms with E-state index < -0.39 is 36.5 Å². The number of hydrogen-bond acceptors (Lipinski definition) is 11. The summed E-state index contributed by atoms with van der Waals surface area (Å²) < 4.78 is 6.81. The number of aliphatic hydroxyl groups excluding tert-OH is 2. The normalized spacial score (nSPS) is 28.1. The lowest BCUT2D eigenvalue weighted by Crippen LogP contribution is -2.35. The van der Waals surface area contributed by atoms with E-state index in [2.05, 4.69) is 19.8 Å². The molecule has 2 aromatic rings. The van der Waals surface area contributed by atoms with Gasteiger partial charge in [0.05, 0.1) is 11.7 Å². The first-order chi connectivity index (χ1) is 10.9. The van der Waals surface area contributed by atoms with Crippen molar-refractivity contribution in [1.29, 1.82) is 0 Å². The molecule has 0 aliphatic carbocycles. The molecule has 12 nitrogen and oxygen atoms in total. The van der Waals surface area contributed by atoms with Crippen LogP contribution >= 0.6 is 11.6 Å². The number of hydrogen-bond donors (Lipinski definition) is 5. The lowest BCUT2D eigenvalue weighted by molar-refractivity contribution is -0.496. The molecule has 6 N–H and O–H groups in total. The second-order valence-electron chi connectivity index (χ2n) is 4.80. The number of ether oxygens (including phenoxy) is 1. The molecule has 1 aliphatic rings. The molecule has 3 heterocycles. The predicted molar refractivity (Wildman–Crippen MR) is 72.0 cm³/mol. The maximum absolute atomic E-state index is 10.1. The Hall–Kier alpha value is -1.64. The van der Waals surface area contributed by atoms with Crippen molar-refractivity contribution >= 4 is 28.6 Å². The van der Waals surface area contributed by atoms with Gasteiger partial charge in [0.2, 0.25) is 5.28 Å². The number of nitrogens with zero attached hydrogens (tertiary/aromatic N) is 5. The standard InChI is InChI=1S/C10H13ClN6O6/c11-10-14-7(12)4-8(15-10)16(2-13-4)9-6(19)5(18)3(23-9)1-22-17(20)21/h2-3,5-6,9,18-21H,1H2,(H2,12,14,15)/t3-,5-,6-,9-/m1/s1. The van der Waals surface area contributed by atoms with Crippen LogP contribution in [0.15, 0.2) is 6.33 Å². The molecular formula is C10H13ClN6O6. The molecule has 4 atom stereocenters. The maximum atomic E-state index is 10.1. The lowest BCUT2D eigenvalue weighted by atomic mass is 10.1. The molecule has 13 heteroatoms. The van der Waals surface area contributed by atoms with Crippen LogP contribution < -0.4 is 5.73 Å². The molecule has 0 radical (unpaired) electrons. The monoisotopic (exact) mass is 348 g/mol. The van der Waals surface area contributed by atoms with Gasteiger partial charge in [0.15, 0.2) is 17.7 Å². The minimum Gasteiger partial charge on any atom is -0.387 e. The Bertz CT molecular complexity index is 712. The molecule has 1 fully saturated rings. The zero-order valence-electron chi connectivity index (χ0n) is 11.4. The van der Waals surface area contributed by atoms with Crippen LogP contribution in [-0.2, 0) is 9.57 Å². The first-order valence-corrected chi connectivity index (χ1v) is 6.74. The summed E-state index contributed by atoms with van der Waals surface area (Å²) in [7, 11) is 0. The van der Waals surface area contributed by atoms with Crippen LogP contribution in [0.1, 0.15) is 6.23 Å². The Balaban J connectivity index is 1.90. The Morgan fingerprint density at radius 1 is 1.35 bits per heavy atom. The van der Waals surface area contributed by atoms with Crippen molar-refractivity contribution in [2.45, 2.75) is 24.5 Å². The van der Waals surface area contributed by atoms with Gasteiger partial charge in [-0.25, -0.2) is 9.82 Å². The van der Waals surface area contributed by atoms with Crippen LogP contribution in [-0.4, -0.2) is 70.5 Å². The SMILES string of the molecule is Nc1nc(Cl)nc2c1ncn2[C@@H]1O[C@H](CON(O)O)[C@@H](O)[C@H]1O. The zero-order chi connectivity index (χ0) is 16.7. The van der Waals surface area contributed by atoms with Gasteiger partial charge in [0.25, 0.3) is 0 Å². The highest BCUT2D eigenvalue weighted by molar-refractivity contribution is 6.28. The number of halogens is 1. The molecule has 0 aromatic carbocycles. The quantitative estimate of drug-likeness (QED) is 0.328. The van der Waals surface area contributed by atoms with E-state index in [0.29, 0.717) is 0 Å². The Labute approximate surface area is 133 Å². The molecule has 0 bridgehead atoms. The highest BCUT2D eigenvalue weighted by Gasteiger charge is 2.44. The number of aliphatic hydroxyl groups is 2. The number of nitrogen functional groups attached to an aromatic ring is 1. The van der Waals surface area contributed by atoms with Crippen molar-refractivity contribution < 1.29 is 30.2 Å². The smallest absolute Gasteiger partial charge is 0.226 e. The van der Waals surface area contributed by atoms with E-state index in [1.807, 2.05) is 0 Å². The van der Waals surface area contributed by atoms with Gasteiger partial charge in [-0.05, 0) is 11.6 Å². The third kappa shape index (κ3) is 2.93. The fourth-order valence-corrected chi connectivity index (χ4v) is 2.50. The van der Waals surface area contributed by atoms with Crippen LogP contribution in [0.5, 0.6) is 0 Å². The average Bonchev–Trinajstić information content (AvgIpc) is 3.00. The highest BCUT2D eigenvalue weighted by Crippen LogP contribution is 2.32. The van der Waals surface area contributed by atoms with E-state index in [4.69, 9.17) is 32.5 Å². The van der Waals surface area contributed by atoms with Crippen LogP contribution in [0, 0.1) is 0 Å². The molecule has 23 heavy (non-hydrogen) atoms. The van der Waals surface area contributed by atoms with Crippen LogP contribution in [0.4, 0.5) is 5.82 Å². The van der Waals surface area contributed by atoms with Crippen LogP contribution in [0.3, 0.4) is 0 Å². The summed E-state index contributed by atoms with van der Waals surface area (Å²) in [6.07, 6.45) is -3.46. The van der Waals surface area contributed by atoms with Gasteiger partial charge in [0, 0.05) is 0 Å². The zero-order valence-corrected chi connectivity index (χ0v) is 12.1. The highest BCUT2D eigenvalue weighted by atomic mass is 35.5. The number of fused-ring (bicyclic) bond motifs is 1. The van der Waals surface area contributed by atoms with E-state index in [9.17, 15) is 10.2 Å². The number of aromatic nitrogens is 4. The number of rotatable bonds is 4. The number of imidazole rings is 1. The molecular weight excluding hydrogens is 336 g/mol. The molecule has 0 unspecified atom stereocenters. The van der Waals surface area contributed by atoms with Crippen molar-refractivity contribution in [2.75, 3.05) is 12.3 Å². The van der Waals surface area contributed by atoms with Crippen molar-refractivity contribution in [3.8, 4) is 0 Å². The molecule has 0 saturated carbocycles. The maximum Gasteiger partial charge on any atom is 0.226 e. The molecule has 126 valence electrons. The third-order valence-electron chi connectivity index (χ3n) is 3.39. The van der Waals surface area contributed by atoms with Crippen molar-refractivity contribution in [1.82, 2.24) is 24.9 Å². The number of nitrogens with two attached hydrogens (primary N) is 1. The van der Waals surface area contributed by atoms with Gasteiger partial charge >= 0.3 is 0 Å². The van der Waals surface area contributed by atoms with Gasteiger partial charge in [-0.15, -0.1) is 0 Å². The van der Waals surface area contributed by atoms with E-state index in [1.165, 1.54) is 10.9 Å². The molecule has 0 spiro atoms. The van der Waals surface area contributed by atoms with E-state index >= 15 is 0 Å². The fraction of sp³-hybridized carbons (Fsp3) is 0.500. The third-order valence-corrected chi connectivity index (χ3v) is 3.56. The van der Waals surface area contributed by atoms with E-state index in [-0.39, 0.29) is 22.3 Å². The Kier molecular flexibility index (Phi) is 4.31. The van der Waals surface area contributed by atoms with Gasteiger partial charge < -0.3 is 20.7 Å². The molecule has 1 aliphatic heterocycles. The summed E-state index contributed by atoms with van der Waals surface area (Å²) in [4.78, 5) is 16.2. The van der Waals surface area contributed by atoms with Gasteiger partial charge in [-0.2, -0.15) is 9.97 Å². The minimum absolute atomic E-state index is 0.0582. The predicted octanol–water partition coefficient (Wildman–Crippen LogP) is -1.31. The molecule has 1 saturated heterocycles. The Morgan fingerprint density at radius 2 is 2.09 bits per heavy atom. The van der Waals surface area contributed by atoms with Crippen LogP contribution in [0.2, 0.25) is 5.28 Å². The van der Waals surface area contributed by atoms with Crippen LogP contribution in [0.25, 0.3) is 11.2 Å². The lowest BCUT2D eigenvalue weighted by Gasteiger charge is -2.16. The first kappa shape index (κ1) is 16.2. The van der Waals surface area contributed by atoms with Gasteiger partial charge in [-0.1, -0.05) is 0 Å². The summed E-state index contributed by atoms with van der Waals surface area (Å²) in [5.41, 5.74) is 6.17. The summed E-state index contributed by atoms with van der Waals surface area (Å²) in [5.74, 6) is 0.0582. The average molecular weight is 349 g/mol. The molecule has 3 rings (SSSR count). The first-order valence-electron chi connectivity index (χ1n) is 6.36. The topological polar surface area (TPSA) is 172 Å². The second-order valence-corrected chi connectivity index (χ2v) is 5.13.